The van der Waals surface area contributed by atoms with Crippen LogP contribution in [-0.2, 0) is 11.3 Å². The fourth-order valence-electron chi connectivity index (χ4n) is 2.54. The van der Waals surface area contributed by atoms with Crippen molar-refractivity contribution in [3.63, 3.8) is 0 Å². The van der Waals surface area contributed by atoms with Crippen molar-refractivity contribution in [2.45, 2.75) is 26.4 Å². The van der Waals surface area contributed by atoms with Crippen LogP contribution in [0, 0.1) is 5.82 Å². The molecule has 0 aliphatic heterocycles. The smallest absolute Gasteiger partial charge is 0.241 e. The second kappa shape index (κ2) is 9.58. The molecule has 0 saturated heterocycles. The molecule has 0 unspecified atom stereocenters. The third-order valence-corrected chi connectivity index (χ3v) is 4.50. The molecule has 5 nitrogen and oxygen atoms in total. The molecule has 2 aromatic rings. The van der Waals surface area contributed by atoms with Gasteiger partial charge in [0.25, 0.3) is 0 Å². The Morgan fingerprint density at radius 3 is 2.63 bits per heavy atom. The summed E-state index contributed by atoms with van der Waals surface area (Å²) in [5, 5.41) is 2.89. The highest BCUT2D eigenvalue weighted by molar-refractivity contribution is 6.33. The number of benzene rings is 2. The van der Waals surface area contributed by atoms with Gasteiger partial charge in [0.05, 0.1) is 30.5 Å². The third kappa shape index (κ3) is 5.58. The van der Waals surface area contributed by atoms with Crippen LogP contribution < -0.4 is 14.8 Å². The van der Waals surface area contributed by atoms with Crippen LogP contribution in [0.15, 0.2) is 36.4 Å². The van der Waals surface area contributed by atoms with Crippen molar-refractivity contribution >= 4 is 23.2 Å². The van der Waals surface area contributed by atoms with Gasteiger partial charge < -0.3 is 14.8 Å². The van der Waals surface area contributed by atoms with Gasteiger partial charge in [0.1, 0.15) is 5.82 Å². The van der Waals surface area contributed by atoms with Crippen molar-refractivity contribution in [2.75, 3.05) is 26.1 Å². The van der Waals surface area contributed by atoms with E-state index in [1.807, 2.05) is 37.1 Å². The Morgan fingerprint density at radius 2 is 2.00 bits per heavy atom. The van der Waals surface area contributed by atoms with Crippen molar-refractivity contribution in [3.8, 4) is 11.5 Å². The van der Waals surface area contributed by atoms with Gasteiger partial charge in [-0.2, -0.15) is 0 Å². The number of halogens is 2. The lowest BCUT2D eigenvalue weighted by molar-refractivity contribution is -0.120. The van der Waals surface area contributed by atoms with Gasteiger partial charge in [-0.1, -0.05) is 17.7 Å². The fraction of sp³-hybridized carbons (Fsp3) is 0.350. The Morgan fingerprint density at radius 1 is 1.26 bits per heavy atom. The summed E-state index contributed by atoms with van der Waals surface area (Å²) in [6, 6.07) is 9.12. The first-order chi connectivity index (χ1) is 12.8. The highest BCUT2D eigenvalue weighted by atomic mass is 35.5. The standard InChI is InChI=1S/C20H24ClFN2O3/c1-5-27-18-9-6-14(10-19(18)26-4)12-24(3)13(2)20(25)23-17-8-7-15(22)11-16(17)21/h6-11,13H,5,12H2,1-4H3,(H,23,25)/t13-/m0/s1. The Hall–Kier alpha value is -2.31. The van der Waals surface area contributed by atoms with E-state index in [0.717, 1.165) is 11.6 Å². The summed E-state index contributed by atoms with van der Waals surface area (Å²) in [6.07, 6.45) is 0. The van der Waals surface area contributed by atoms with Crippen molar-refractivity contribution < 1.29 is 18.7 Å². The van der Waals surface area contributed by atoms with Gasteiger partial charge in [0, 0.05) is 6.54 Å². The van der Waals surface area contributed by atoms with Gasteiger partial charge in [-0.3, -0.25) is 9.69 Å². The SMILES string of the molecule is CCOc1ccc(CN(C)[C@@H](C)C(=O)Nc2ccc(F)cc2Cl)cc1OC. The quantitative estimate of drug-likeness (QED) is 0.723. The van der Waals surface area contributed by atoms with E-state index >= 15 is 0 Å². The van der Waals surface area contributed by atoms with Crippen LogP contribution in [0.5, 0.6) is 11.5 Å². The van der Waals surface area contributed by atoms with Crippen LogP contribution in [-0.4, -0.2) is 37.6 Å². The maximum Gasteiger partial charge on any atom is 0.241 e. The number of anilines is 1. The maximum absolute atomic E-state index is 13.1. The van der Waals surface area contributed by atoms with Crippen LogP contribution >= 0.6 is 11.6 Å². The van der Waals surface area contributed by atoms with Crippen molar-refractivity contribution in [2.24, 2.45) is 0 Å². The molecule has 0 heterocycles. The molecule has 27 heavy (non-hydrogen) atoms. The molecule has 0 radical (unpaired) electrons. The molecule has 0 fully saturated rings. The Labute approximate surface area is 164 Å². The van der Waals surface area contributed by atoms with Gasteiger partial charge in [-0.15, -0.1) is 0 Å². The van der Waals surface area contributed by atoms with Crippen LogP contribution in [0.2, 0.25) is 5.02 Å². The van der Waals surface area contributed by atoms with E-state index in [-0.39, 0.29) is 10.9 Å². The molecule has 1 N–H and O–H groups in total. The van der Waals surface area contributed by atoms with E-state index in [2.05, 4.69) is 5.32 Å². The molecule has 0 aliphatic carbocycles. The second-order valence-electron chi connectivity index (χ2n) is 6.12. The van der Waals surface area contributed by atoms with E-state index in [1.54, 1.807) is 14.0 Å². The number of methoxy groups -OCH3 is 1. The molecule has 2 rings (SSSR count). The first kappa shape index (κ1) is 21.0. The number of likely N-dealkylation sites (N-methyl/N-ethyl adjacent to an activating group) is 1. The van der Waals surface area contributed by atoms with Gasteiger partial charge >= 0.3 is 0 Å². The molecule has 0 aliphatic rings. The average Bonchev–Trinajstić information content (AvgIpc) is 2.64. The molecule has 0 spiro atoms. The van der Waals surface area contributed by atoms with E-state index in [1.165, 1.54) is 12.1 Å². The zero-order chi connectivity index (χ0) is 20.0. The Bertz CT molecular complexity index is 801. The molecule has 7 heteroatoms. The monoisotopic (exact) mass is 394 g/mol. The third-order valence-electron chi connectivity index (χ3n) is 4.19. The van der Waals surface area contributed by atoms with Gasteiger partial charge in [0.2, 0.25) is 5.91 Å². The van der Waals surface area contributed by atoms with Gasteiger partial charge in [0.15, 0.2) is 11.5 Å². The zero-order valence-electron chi connectivity index (χ0n) is 15.9. The summed E-state index contributed by atoms with van der Waals surface area (Å²) in [5.74, 6) is 0.651. The number of ether oxygens (including phenoxy) is 2. The summed E-state index contributed by atoms with van der Waals surface area (Å²) in [6.45, 7) is 4.79. The molecule has 0 bridgehead atoms. The molecule has 0 aromatic heterocycles. The number of rotatable bonds is 8. The molecule has 1 atom stereocenters. The number of hydrogen-bond acceptors (Lipinski definition) is 4. The Kier molecular flexibility index (Phi) is 7.45. The highest BCUT2D eigenvalue weighted by Crippen LogP contribution is 2.29. The molecular weight excluding hydrogens is 371 g/mol. The predicted molar refractivity (Wildman–Crippen MR) is 105 cm³/mol. The van der Waals surface area contributed by atoms with Crippen LogP contribution in [0.1, 0.15) is 19.4 Å². The van der Waals surface area contributed by atoms with Gasteiger partial charge in [-0.25, -0.2) is 4.39 Å². The molecule has 2 aromatic carbocycles. The number of carbonyl (C=O) groups is 1. The topological polar surface area (TPSA) is 50.8 Å². The minimum Gasteiger partial charge on any atom is -0.493 e. The van der Waals surface area contributed by atoms with Gasteiger partial charge in [-0.05, 0) is 56.8 Å². The number of hydrogen-bond donors (Lipinski definition) is 1. The number of carbonyl (C=O) groups excluding carboxylic acids is 1. The van der Waals surface area contributed by atoms with E-state index < -0.39 is 11.9 Å². The Balaban J connectivity index is 2.04. The molecule has 1 amide bonds. The van der Waals surface area contributed by atoms with E-state index in [0.29, 0.717) is 30.3 Å². The number of nitrogens with zero attached hydrogens (tertiary/aromatic N) is 1. The normalized spacial score (nSPS) is 12.0. The van der Waals surface area contributed by atoms with E-state index in [9.17, 15) is 9.18 Å². The van der Waals surface area contributed by atoms with Crippen LogP contribution in [0.4, 0.5) is 10.1 Å². The molecule has 146 valence electrons. The molecule has 0 saturated carbocycles. The highest BCUT2D eigenvalue weighted by Gasteiger charge is 2.20. The lowest BCUT2D eigenvalue weighted by Crippen LogP contribution is -2.39. The summed E-state index contributed by atoms with van der Waals surface area (Å²) in [5.41, 5.74) is 1.36. The number of amides is 1. The summed E-state index contributed by atoms with van der Waals surface area (Å²) >= 11 is 5.97. The molecular formula is C20H24ClFN2O3. The summed E-state index contributed by atoms with van der Waals surface area (Å²) in [7, 11) is 3.44. The largest absolute Gasteiger partial charge is 0.493 e. The van der Waals surface area contributed by atoms with E-state index in [4.69, 9.17) is 21.1 Å². The van der Waals surface area contributed by atoms with Crippen molar-refractivity contribution in [3.05, 3.63) is 52.8 Å². The maximum atomic E-state index is 13.1. The van der Waals surface area contributed by atoms with Crippen molar-refractivity contribution in [1.82, 2.24) is 4.90 Å². The first-order valence-electron chi connectivity index (χ1n) is 8.61. The zero-order valence-corrected chi connectivity index (χ0v) is 16.6. The average molecular weight is 395 g/mol. The first-order valence-corrected chi connectivity index (χ1v) is 8.99. The minimum absolute atomic E-state index is 0.162. The summed E-state index contributed by atoms with van der Waals surface area (Å²) < 4.78 is 24.0. The lowest BCUT2D eigenvalue weighted by Gasteiger charge is -2.24. The lowest BCUT2D eigenvalue weighted by atomic mass is 10.1. The fourth-order valence-corrected chi connectivity index (χ4v) is 2.75. The van der Waals surface area contributed by atoms with Crippen LogP contribution in [0.3, 0.4) is 0 Å². The minimum atomic E-state index is -0.451. The number of nitrogens with one attached hydrogen (secondary N) is 1. The predicted octanol–water partition coefficient (Wildman–Crippen LogP) is 4.35. The van der Waals surface area contributed by atoms with Crippen LogP contribution in [0.25, 0.3) is 0 Å². The summed E-state index contributed by atoms with van der Waals surface area (Å²) in [4.78, 5) is 14.4. The second-order valence-corrected chi connectivity index (χ2v) is 6.53. The van der Waals surface area contributed by atoms with Crippen molar-refractivity contribution in [1.29, 1.82) is 0 Å².